The molecule has 0 fully saturated rings. The lowest BCUT2D eigenvalue weighted by Crippen LogP contribution is -2.24. The molecule has 4 aromatic rings. The number of nitrogens with zero attached hydrogens (tertiary/aromatic N) is 1. The average Bonchev–Trinajstić information content (AvgIpc) is 2.90. The molecule has 0 aromatic heterocycles. The van der Waals surface area contributed by atoms with Crippen molar-refractivity contribution in [3.63, 3.8) is 0 Å². The van der Waals surface area contributed by atoms with E-state index < -0.39 is 5.82 Å². The number of ether oxygens (including phenoxy) is 1. The first kappa shape index (κ1) is 24.0. The first-order valence-electron chi connectivity index (χ1n) is 11.6. The van der Waals surface area contributed by atoms with Crippen molar-refractivity contribution in [3.8, 4) is 5.75 Å². The lowest BCUT2D eigenvalue weighted by atomic mass is 10.00. The van der Waals surface area contributed by atoms with Crippen molar-refractivity contribution in [2.24, 2.45) is 0 Å². The van der Waals surface area contributed by atoms with Crippen molar-refractivity contribution >= 4 is 11.5 Å². The molecule has 0 saturated heterocycles. The fraction of sp³-hybridized carbons (Fsp3) is 0.129. The Hall–Kier alpha value is -4.18. The van der Waals surface area contributed by atoms with Crippen LogP contribution >= 0.6 is 0 Å². The van der Waals surface area contributed by atoms with Crippen LogP contribution < -0.4 is 9.64 Å². The quantitative estimate of drug-likeness (QED) is 0.182. The summed E-state index contributed by atoms with van der Waals surface area (Å²) in [5.41, 5.74) is 4.07. The maximum atomic E-state index is 15.2. The van der Waals surface area contributed by atoms with Crippen LogP contribution in [0.2, 0.25) is 0 Å². The van der Waals surface area contributed by atoms with Crippen LogP contribution in [-0.2, 0) is 19.7 Å². The molecular weight excluding hydrogens is 437 g/mol. The van der Waals surface area contributed by atoms with Gasteiger partial charge < -0.3 is 9.64 Å². The van der Waals surface area contributed by atoms with Crippen molar-refractivity contribution in [1.29, 1.82) is 0 Å². The summed E-state index contributed by atoms with van der Waals surface area (Å²) in [6.07, 6.45) is 1.21. The van der Waals surface area contributed by atoms with Gasteiger partial charge >= 0.3 is 0 Å². The van der Waals surface area contributed by atoms with E-state index in [2.05, 4.69) is 6.58 Å². The van der Waals surface area contributed by atoms with E-state index in [1.54, 1.807) is 6.92 Å². The minimum Gasteiger partial charge on any atom is -0.486 e. The van der Waals surface area contributed by atoms with Gasteiger partial charge in [-0.25, -0.2) is 4.39 Å². The molecular formula is C31H28FNO2. The highest BCUT2D eigenvalue weighted by Crippen LogP contribution is 2.39. The van der Waals surface area contributed by atoms with Crippen molar-refractivity contribution in [2.75, 3.05) is 4.90 Å². The van der Waals surface area contributed by atoms with Crippen LogP contribution in [0.25, 0.3) is 0 Å². The molecule has 0 aliphatic heterocycles. The minimum absolute atomic E-state index is 0.206. The van der Waals surface area contributed by atoms with Gasteiger partial charge in [0.05, 0.1) is 11.3 Å². The number of carbonyl (C=O) groups is 1. The van der Waals surface area contributed by atoms with Crippen LogP contribution in [0.5, 0.6) is 5.75 Å². The molecule has 0 saturated carbocycles. The molecule has 0 amide bonds. The van der Waals surface area contributed by atoms with Crippen molar-refractivity contribution in [3.05, 3.63) is 143 Å². The summed E-state index contributed by atoms with van der Waals surface area (Å²) >= 11 is 0. The van der Waals surface area contributed by atoms with Crippen LogP contribution in [0.15, 0.2) is 110 Å². The molecule has 35 heavy (non-hydrogen) atoms. The largest absolute Gasteiger partial charge is 0.486 e. The number of carbonyl (C=O) groups excluding carboxylic acids is 1. The topological polar surface area (TPSA) is 29.5 Å². The van der Waals surface area contributed by atoms with E-state index in [0.29, 0.717) is 24.5 Å². The Labute approximate surface area is 206 Å². The molecule has 0 atom stereocenters. The van der Waals surface area contributed by atoms with E-state index in [9.17, 15) is 4.79 Å². The zero-order chi connectivity index (χ0) is 24.6. The van der Waals surface area contributed by atoms with Crippen LogP contribution in [0.3, 0.4) is 0 Å². The Morgan fingerprint density at radius 2 is 1.34 bits per heavy atom. The van der Waals surface area contributed by atoms with Gasteiger partial charge in [0.15, 0.2) is 11.5 Å². The van der Waals surface area contributed by atoms with Gasteiger partial charge in [0.1, 0.15) is 12.4 Å². The molecule has 0 N–H and O–H groups in total. The average molecular weight is 466 g/mol. The third-order valence-electron chi connectivity index (χ3n) is 5.89. The molecule has 0 bridgehead atoms. The smallest absolute Gasteiger partial charge is 0.189 e. The number of halogens is 1. The lowest BCUT2D eigenvalue weighted by molar-refractivity contribution is 0.104. The third kappa shape index (κ3) is 5.85. The van der Waals surface area contributed by atoms with Gasteiger partial charge in [0.2, 0.25) is 0 Å². The molecule has 0 unspecified atom stereocenters. The zero-order valence-electron chi connectivity index (χ0n) is 19.8. The van der Waals surface area contributed by atoms with Crippen LogP contribution in [-0.4, -0.2) is 5.78 Å². The molecule has 0 aliphatic carbocycles. The summed E-state index contributed by atoms with van der Waals surface area (Å²) < 4.78 is 21.5. The van der Waals surface area contributed by atoms with E-state index in [0.717, 1.165) is 16.7 Å². The predicted molar refractivity (Wildman–Crippen MR) is 139 cm³/mol. The zero-order valence-corrected chi connectivity index (χ0v) is 19.8. The Bertz CT molecular complexity index is 1250. The second-order valence-electron chi connectivity index (χ2n) is 8.38. The van der Waals surface area contributed by atoms with Crippen molar-refractivity contribution < 1.29 is 13.9 Å². The molecule has 0 radical (unpaired) electrons. The van der Waals surface area contributed by atoms with Crippen molar-refractivity contribution in [2.45, 2.75) is 26.6 Å². The molecule has 4 rings (SSSR count). The van der Waals surface area contributed by atoms with E-state index >= 15 is 4.39 Å². The Kier molecular flexibility index (Phi) is 7.74. The first-order chi connectivity index (χ1) is 17.1. The summed E-state index contributed by atoms with van der Waals surface area (Å²) in [6, 6.07) is 31.1. The summed E-state index contributed by atoms with van der Waals surface area (Å²) in [5, 5.41) is 0. The highest BCUT2D eigenvalue weighted by atomic mass is 19.1. The van der Waals surface area contributed by atoms with Crippen LogP contribution in [0.4, 0.5) is 10.1 Å². The molecule has 0 heterocycles. The predicted octanol–water partition coefficient (Wildman–Crippen LogP) is 7.29. The highest BCUT2D eigenvalue weighted by Gasteiger charge is 2.25. The van der Waals surface area contributed by atoms with Gasteiger partial charge in [-0.1, -0.05) is 97.6 Å². The van der Waals surface area contributed by atoms with Gasteiger partial charge in [-0.05, 0) is 35.3 Å². The van der Waals surface area contributed by atoms with Gasteiger partial charge in [-0.2, -0.15) is 0 Å². The standard InChI is InChI=1S/C31H28FNO2/c1-3-29(34)30-23(2)27(32)19-28(31(30)35-22-26-17-11-6-12-18-26)33(20-24-13-7-4-8-14-24)21-25-15-9-5-10-16-25/h3-19H,1,20-22H2,2H3. The monoisotopic (exact) mass is 465 g/mol. The molecule has 0 aliphatic rings. The Morgan fingerprint density at radius 3 is 1.83 bits per heavy atom. The summed E-state index contributed by atoms with van der Waals surface area (Å²) in [5.74, 6) is -0.460. The fourth-order valence-corrected chi connectivity index (χ4v) is 4.05. The number of hydrogen-bond donors (Lipinski definition) is 0. The lowest BCUT2D eigenvalue weighted by Gasteiger charge is -2.29. The van der Waals surface area contributed by atoms with Gasteiger partial charge in [-0.15, -0.1) is 0 Å². The highest BCUT2D eigenvalue weighted by molar-refractivity contribution is 6.08. The van der Waals surface area contributed by atoms with Gasteiger partial charge in [0, 0.05) is 19.2 Å². The van der Waals surface area contributed by atoms with Gasteiger partial charge in [-0.3, -0.25) is 4.79 Å². The number of benzene rings is 4. The molecule has 3 nitrogen and oxygen atoms in total. The van der Waals surface area contributed by atoms with E-state index in [1.165, 1.54) is 12.1 Å². The van der Waals surface area contributed by atoms with E-state index in [4.69, 9.17) is 4.74 Å². The number of ketones is 1. The molecule has 0 spiro atoms. The fourth-order valence-electron chi connectivity index (χ4n) is 4.05. The SMILES string of the molecule is C=CC(=O)c1c(C)c(F)cc(N(Cc2ccccc2)Cc2ccccc2)c1OCc1ccccc1. The molecule has 4 heteroatoms. The Balaban J connectivity index is 1.84. The number of rotatable bonds is 10. The van der Waals surface area contributed by atoms with Crippen LogP contribution in [0, 0.1) is 12.7 Å². The number of hydrogen-bond acceptors (Lipinski definition) is 3. The van der Waals surface area contributed by atoms with Crippen LogP contribution in [0.1, 0.15) is 32.6 Å². The number of allylic oxidation sites excluding steroid dienone is 1. The maximum Gasteiger partial charge on any atom is 0.189 e. The molecule has 176 valence electrons. The van der Waals surface area contributed by atoms with Crippen molar-refractivity contribution in [1.82, 2.24) is 0 Å². The third-order valence-corrected chi connectivity index (χ3v) is 5.89. The summed E-state index contributed by atoms with van der Waals surface area (Å²) in [7, 11) is 0. The van der Waals surface area contributed by atoms with E-state index in [-0.39, 0.29) is 23.5 Å². The number of anilines is 1. The summed E-state index contributed by atoms with van der Waals surface area (Å²) in [4.78, 5) is 15.0. The second-order valence-corrected chi connectivity index (χ2v) is 8.38. The minimum atomic E-state index is -0.455. The summed E-state index contributed by atoms with van der Waals surface area (Å²) in [6.45, 7) is 6.52. The first-order valence-corrected chi connectivity index (χ1v) is 11.6. The normalized spacial score (nSPS) is 10.6. The maximum absolute atomic E-state index is 15.2. The van der Waals surface area contributed by atoms with E-state index in [1.807, 2.05) is 95.9 Å². The second kappa shape index (κ2) is 11.3. The Morgan fingerprint density at radius 1 is 0.857 bits per heavy atom. The molecule has 4 aromatic carbocycles. The van der Waals surface area contributed by atoms with Gasteiger partial charge in [0.25, 0.3) is 0 Å².